The summed E-state index contributed by atoms with van der Waals surface area (Å²) in [5.74, 6) is -1.14. The lowest BCUT2D eigenvalue weighted by Gasteiger charge is -2.14. The van der Waals surface area contributed by atoms with Crippen LogP contribution in [0.3, 0.4) is 0 Å². The van der Waals surface area contributed by atoms with Gasteiger partial charge in [-0.15, -0.1) is 0 Å². The average molecular weight is 356 g/mol. The molecule has 0 radical (unpaired) electrons. The Balaban J connectivity index is 2.18. The van der Waals surface area contributed by atoms with Crippen molar-refractivity contribution in [3.63, 3.8) is 0 Å². The van der Waals surface area contributed by atoms with E-state index in [2.05, 4.69) is 0 Å². The van der Waals surface area contributed by atoms with Crippen LogP contribution in [0.5, 0.6) is 0 Å². The Bertz CT molecular complexity index is 919. The minimum Gasteiger partial charge on any atom is -0.454 e. The van der Waals surface area contributed by atoms with Crippen LogP contribution in [0.2, 0.25) is 0 Å². The number of ketones is 1. The highest BCUT2D eigenvalue weighted by Crippen LogP contribution is 2.24. The molecule has 2 rings (SSSR count). The Morgan fingerprint density at radius 2 is 1.73 bits per heavy atom. The van der Waals surface area contributed by atoms with E-state index in [1.807, 2.05) is 33.8 Å². The van der Waals surface area contributed by atoms with Crippen molar-refractivity contribution in [2.24, 2.45) is 0 Å². The first-order chi connectivity index (χ1) is 12.1. The van der Waals surface area contributed by atoms with Gasteiger partial charge in [0.2, 0.25) is 5.78 Å². The molecule has 0 saturated heterocycles. The highest BCUT2D eigenvalue weighted by atomic mass is 16.6. The van der Waals surface area contributed by atoms with E-state index in [1.165, 1.54) is 12.1 Å². The van der Waals surface area contributed by atoms with Crippen LogP contribution in [-0.2, 0) is 4.74 Å². The fourth-order valence-electron chi connectivity index (χ4n) is 2.83. The number of carbonyl (C=O) groups excluding carboxylic acids is 2. The van der Waals surface area contributed by atoms with Crippen LogP contribution in [0.25, 0.3) is 0 Å². The lowest BCUT2D eigenvalue weighted by atomic mass is 9.92. The molecule has 2 aromatic carbocycles. The minimum absolute atomic E-state index is 0.0350. The van der Waals surface area contributed by atoms with E-state index < -0.39 is 17.5 Å². The van der Waals surface area contributed by atoms with Gasteiger partial charge in [0.25, 0.3) is 5.69 Å². The normalized spacial score (nSPS) is 10.5. The summed E-state index contributed by atoms with van der Waals surface area (Å²) in [5.41, 5.74) is 9.33. The first-order valence-corrected chi connectivity index (χ1v) is 7.95. The fourth-order valence-corrected chi connectivity index (χ4v) is 2.83. The molecule has 0 fully saturated rings. The number of nitro groups is 1. The summed E-state index contributed by atoms with van der Waals surface area (Å²) in [6, 6.07) is 5.53. The molecule has 0 heterocycles. The van der Waals surface area contributed by atoms with Gasteiger partial charge in [-0.1, -0.05) is 6.07 Å². The van der Waals surface area contributed by atoms with Gasteiger partial charge in [0, 0.05) is 11.6 Å². The molecule has 0 spiro atoms. The summed E-state index contributed by atoms with van der Waals surface area (Å²) in [5, 5.41) is 10.9. The van der Waals surface area contributed by atoms with Crippen molar-refractivity contribution < 1.29 is 19.2 Å². The molecule has 26 heavy (non-hydrogen) atoms. The summed E-state index contributed by atoms with van der Waals surface area (Å²) >= 11 is 0. The number of Topliss-reactive ketones (excluding diaryl/α,β-unsaturated/α-hetero) is 1. The van der Waals surface area contributed by atoms with Crippen LogP contribution in [0.15, 0.2) is 24.3 Å². The van der Waals surface area contributed by atoms with E-state index in [1.54, 1.807) is 0 Å². The van der Waals surface area contributed by atoms with Crippen LogP contribution < -0.4 is 5.73 Å². The number of benzene rings is 2. The van der Waals surface area contributed by atoms with E-state index in [-0.39, 0.29) is 22.7 Å². The summed E-state index contributed by atoms with van der Waals surface area (Å²) in [6.45, 7) is 7.14. The van der Waals surface area contributed by atoms with E-state index in [0.717, 1.165) is 28.3 Å². The quantitative estimate of drug-likeness (QED) is 0.289. The van der Waals surface area contributed by atoms with Crippen LogP contribution in [-0.4, -0.2) is 23.3 Å². The number of rotatable bonds is 5. The highest BCUT2D eigenvalue weighted by molar-refractivity contribution is 6.02. The highest BCUT2D eigenvalue weighted by Gasteiger charge is 2.20. The number of esters is 1. The molecular formula is C19H20N2O5. The van der Waals surface area contributed by atoms with Gasteiger partial charge in [-0.2, -0.15) is 0 Å². The Morgan fingerprint density at radius 1 is 1.08 bits per heavy atom. The van der Waals surface area contributed by atoms with Crippen molar-refractivity contribution in [2.45, 2.75) is 27.7 Å². The SMILES string of the molecule is Cc1cc(C)c(C(=O)COC(=O)c2ccc(N)c([N+](=O)[O-])c2)c(C)c1C. The number of nitrogens with two attached hydrogens (primary N) is 1. The maximum atomic E-state index is 12.5. The molecule has 0 aliphatic heterocycles. The zero-order chi connectivity index (χ0) is 19.6. The van der Waals surface area contributed by atoms with E-state index in [4.69, 9.17) is 10.5 Å². The topological polar surface area (TPSA) is 113 Å². The zero-order valence-electron chi connectivity index (χ0n) is 15.1. The second kappa shape index (κ2) is 7.35. The van der Waals surface area contributed by atoms with Crippen molar-refractivity contribution in [2.75, 3.05) is 12.3 Å². The van der Waals surface area contributed by atoms with Crippen LogP contribution in [0, 0.1) is 37.8 Å². The third-order valence-electron chi connectivity index (χ3n) is 4.43. The third kappa shape index (κ3) is 3.72. The molecule has 0 aromatic heterocycles. The Labute approximate surface area is 150 Å². The van der Waals surface area contributed by atoms with Gasteiger partial charge in [0.15, 0.2) is 6.61 Å². The smallest absolute Gasteiger partial charge is 0.338 e. The monoisotopic (exact) mass is 356 g/mol. The first kappa shape index (κ1) is 19.1. The molecule has 2 N–H and O–H groups in total. The van der Waals surface area contributed by atoms with Gasteiger partial charge in [0.05, 0.1) is 10.5 Å². The van der Waals surface area contributed by atoms with Crippen LogP contribution >= 0.6 is 0 Å². The zero-order valence-corrected chi connectivity index (χ0v) is 15.1. The molecule has 136 valence electrons. The second-order valence-corrected chi connectivity index (χ2v) is 6.17. The predicted molar refractivity (Wildman–Crippen MR) is 97.5 cm³/mol. The number of hydrogen-bond acceptors (Lipinski definition) is 6. The molecule has 7 nitrogen and oxygen atoms in total. The molecule has 0 atom stereocenters. The van der Waals surface area contributed by atoms with Crippen molar-refractivity contribution in [1.82, 2.24) is 0 Å². The molecule has 0 saturated carbocycles. The van der Waals surface area contributed by atoms with Gasteiger partial charge in [-0.05, 0) is 62.1 Å². The summed E-state index contributed by atoms with van der Waals surface area (Å²) in [6.07, 6.45) is 0. The molecule has 0 aliphatic carbocycles. The first-order valence-electron chi connectivity index (χ1n) is 7.95. The minimum atomic E-state index is -0.819. The van der Waals surface area contributed by atoms with Gasteiger partial charge < -0.3 is 10.5 Å². The number of carbonyl (C=O) groups is 2. The van der Waals surface area contributed by atoms with Crippen LogP contribution in [0.1, 0.15) is 43.0 Å². The van der Waals surface area contributed by atoms with Crippen molar-refractivity contribution in [3.8, 4) is 0 Å². The molecule has 7 heteroatoms. The van der Waals surface area contributed by atoms with E-state index in [0.29, 0.717) is 5.56 Å². The maximum Gasteiger partial charge on any atom is 0.338 e. The number of nitrogen functional groups attached to an aromatic ring is 1. The summed E-state index contributed by atoms with van der Waals surface area (Å²) in [4.78, 5) is 34.8. The van der Waals surface area contributed by atoms with Crippen molar-refractivity contribution >= 4 is 23.1 Å². The van der Waals surface area contributed by atoms with Crippen molar-refractivity contribution in [1.29, 1.82) is 0 Å². The Morgan fingerprint density at radius 3 is 2.35 bits per heavy atom. The molecule has 2 aromatic rings. The number of aryl methyl sites for hydroxylation is 2. The Kier molecular flexibility index (Phi) is 5.40. The van der Waals surface area contributed by atoms with Crippen molar-refractivity contribution in [3.05, 3.63) is 67.8 Å². The summed E-state index contributed by atoms with van der Waals surface area (Å²) in [7, 11) is 0. The number of nitrogens with zero attached hydrogens (tertiary/aromatic N) is 1. The molecule has 0 bridgehead atoms. The Hall–Kier alpha value is -3.22. The fraction of sp³-hybridized carbons (Fsp3) is 0.263. The number of ether oxygens (including phenoxy) is 1. The van der Waals surface area contributed by atoms with Crippen LogP contribution in [0.4, 0.5) is 11.4 Å². The van der Waals surface area contributed by atoms with Gasteiger partial charge in [-0.3, -0.25) is 14.9 Å². The maximum absolute atomic E-state index is 12.5. The van der Waals surface area contributed by atoms with E-state index in [9.17, 15) is 19.7 Å². The molecule has 0 aliphatic rings. The third-order valence-corrected chi connectivity index (χ3v) is 4.43. The predicted octanol–water partition coefficient (Wildman–Crippen LogP) is 3.45. The van der Waals surface area contributed by atoms with Gasteiger partial charge in [-0.25, -0.2) is 4.79 Å². The summed E-state index contributed by atoms with van der Waals surface area (Å²) < 4.78 is 5.05. The largest absolute Gasteiger partial charge is 0.454 e. The lowest BCUT2D eigenvalue weighted by molar-refractivity contribution is -0.383. The molecule has 0 amide bonds. The van der Waals surface area contributed by atoms with E-state index >= 15 is 0 Å². The molecule has 0 unspecified atom stereocenters. The molecular weight excluding hydrogens is 336 g/mol. The lowest BCUT2D eigenvalue weighted by Crippen LogP contribution is -2.17. The number of hydrogen-bond donors (Lipinski definition) is 1. The number of nitro benzene ring substituents is 1. The number of anilines is 1. The van der Waals surface area contributed by atoms with Gasteiger partial charge in [0.1, 0.15) is 5.69 Å². The standard InChI is InChI=1S/C19H20N2O5/c1-10-7-11(2)18(13(4)12(10)3)17(22)9-26-19(23)14-5-6-15(20)16(8-14)21(24)25/h5-8H,9,20H2,1-4H3. The second-order valence-electron chi connectivity index (χ2n) is 6.17. The average Bonchev–Trinajstić information content (AvgIpc) is 2.57. The van der Waals surface area contributed by atoms with Gasteiger partial charge >= 0.3 is 5.97 Å².